The average molecular weight is 546 g/mol. The molecule has 3 heterocycles. The van der Waals surface area contributed by atoms with Gasteiger partial charge in [0.05, 0.1) is 12.4 Å². The van der Waals surface area contributed by atoms with Gasteiger partial charge in [0.2, 0.25) is 0 Å². The Kier molecular flexibility index (Phi) is 9.45. The zero-order chi connectivity index (χ0) is 21.7. The third kappa shape index (κ3) is 7.25. The van der Waals surface area contributed by atoms with Gasteiger partial charge in [0.15, 0.2) is 5.96 Å². The first-order chi connectivity index (χ1) is 14.3. The maximum absolute atomic E-state index is 12.4. The van der Waals surface area contributed by atoms with Crippen LogP contribution in [0.15, 0.2) is 23.7 Å². The minimum absolute atomic E-state index is 0. The number of halogens is 1. The van der Waals surface area contributed by atoms with E-state index in [-0.39, 0.29) is 30.1 Å². The SMILES string of the molecule is CN=C(NCC1CCCN(C(=O)OC(C)(C)C)C1)N1CCC(C)C(n2ccnc2)C1.I. The van der Waals surface area contributed by atoms with E-state index >= 15 is 0 Å². The van der Waals surface area contributed by atoms with Crippen molar-refractivity contribution in [3.63, 3.8) is 0 Å². The number of amides is 1. The molecule has 0 aliphatic carbocycles. The van der Waals surface area contributed by atoms with Crippen LogP contribution in [-0.2, 0) is 4.74 Å². The van der Waals surface area contributed by atoms with Gasteiger partial charge in [-0.15, -0.1) is 24.0 Å². The van der Waals surface area contributed by atoms with Crippen molar-refractivity contribution in [1.82, 2.24) is 24.7 Å². The lowest BCUT2D eigenvalue weighted by Gasteiger charge is -2.40. The van der Waals surface area contributed by atoms with E-state index in [0.29, 0.717) is 17.9 Å². The lowest BCUT2D eigenvalue weighted by molar-refractivity contribution is 0.0168. The van der Waals surface area contributed by atoms with Crippen molar-refractivity contribution in [3.05, 3.63) is 18.7 Å². The second kappa shape index (κ2) is 11.4. The van der Waals surface area contributed by atoms with Gasteiger partial charge in [0, 0.05) is 52.2 Å². The summed E-state index contributed by atoms with van der Waals surface area (Å²) >= 11 is 0. The number of nitrogens with zero attached hydrogens (tertiary/aromatic N) is 5. The Morgan fingerprint density at radius 1 is 1.23 bits per heavy atom. The highest BCUT2D eigenvalue weighted by molar-refractivity contribution is 14.0. The number of carbonyl (C=O) groups is 1. The van der Waals surface area contributed by atoms with Gasteiger partial charge >= 0.3 is 6.09 Å². The van der Waals surface area contributed by atoms with Crippen molar-refractivity contribution < 1.29 is 9.53 Å². The Morgan fingerprint density at radius 3 is 2.65 bits per heavy atom. The molecule has 9 heteroatoms. The summed E-state index contributed by atoms with van der Waals surface area (Å²) in [6, 6.07) is 0.400. The van der Waals surface area contributed by atoms with Gasteiger partial charge in [-0.05, 0) is 51.9 Å². The first-order valence-corrected chi connectivity index (χ1v) is 11.2. The molecule has 0 aromatic carbocycles. The van der Waals surface area contributed by atoms with Crippen molar-refractivity contribution in [2.75, 3.05) is 39.8 Å². The molecule has 1 N–H and O–H groups in total. The molecular formula is C22H39IN6O2. The Balaban J connectivity index is 0.00000341. The van der Waals surface area contributed by atoms with Crippen molar-refractivity contribution in [2.24, 2.45) is 16.8 Å². The van der Waals surface area contributed by atoms with Gasteiger partial charge in [0.1, 0.15) is 5.60 Å². The predicted molar refractivity (Wildman–Crippen MR) is 134 cm³/mol. The minimum Gasteiger partial charge on any atom is -0.444 e. The van der Waals surface area contributed by atoms with E-state index in [0.717, 1.165) is 57.9 Å². The van der Waals surface area contributed by atoms with E-state index in [4.69, 9.17) is 4.74 Å². The largest absolute Gasteiger partial charge is 0.444 e. The van der Waals surface area contributed by atoms with Crippen LogP contribution in [0, 0.1) is 11.8 Å². The summed E-state index contributed by atoms with van der Waals surface area (Å²) in [6.45, 7) is 12.3. The van der Waals surface area contributed by atoms with Crippen molar-refractivity contribution in [2.45, 2.75) is 58.6 Å². The Labute approximate surface area is 203 Å². The molecule has 31 heavy (non-hydrogen) atoms. The van der Waals surface area contributed by atoms with E-state index in [2.05, 4.69) is 31.7 Å². The normalized spacial score (nSPS) is 25.1. The highest BCUT2D eigenvalue weighted by Gasteiger charge is 2.30. The first kappa shape index (κ1) is 25.7. The smallest absolute Gasteiger partial charge is 0.410 e. The molecule has 1 aromatic heterocycles. The average Bonchev–Trinajstić information content (AvgIpc) is 3.23. The van der Waals surface area contributed by atoms with Crippen molar-refractivity contribution >= 4 is 36.0 Å². The van der Waals surface area contributed by atoms with Gasteiger partial charge in [0.25, 0.3) is 0 Å². The maximum Gasteiger partial charge on any atom is 0.410 e. The molecular weight excluding hydrogens is 507 g/mol. The van der Waals surface area contributed by atoms with Gasteiger partial charge in [-0.3, -0.25) is 4.99 Å². The summed E-state index contributed by atoms with van der Waals surface area (Å²) in [6.07, 6.45) is 8.84. The van der Waals surface area contributed by atoms with Crippen LogP contribution in [0.5, 0.6) is 0 Å². The third-order valence-corrected chi connectivity index (χ3v) is 6.06. The summed E-state index contributed by atoms with van der Waals surface area (Å²) < 4.78 is 7.76. The number of hydrogen-bond donors (Lipinski definition) is 1. The summed E-state index contributed by atoms with van der Waals surface area (Å²) in [7, 11) is 1.85. The zero-order valence-corrected chi connectivity index (χ0v) is 21.9. The number of aromatic nitrogens is 2. The zero-order valence-electron chi connectivity index (χ0n) is 19.6. The summed E-state index contributed by atoms with van der Waals surface area (Å²) in [5.74, 6) is 1.95. The summed E-state index contributed by atoms with van der Waals surface area (Å²) in [5, 5.41) is 3.57. The second-order valence-electron chi connectivity index (χ2n) is 9.65. The molecule has 2 aliphatic heterocycles. The number of likely N-dealkylation sites (tertiary alicyclic amines) is 2. The standard InChI is InChI=1S/C22H38N6O2.HI/c1-17-8-11-26(15-19(17)28-12-9-24-16-28)20(23-5)25-13-18-7-6-10-27(14-18)21(29)30-22(2,3)4;/h9,12,16-19H,6-8,10-11,13-15H2,1-5H3,(H,23,25);1H. The Morgan fingerprint density at radius 2 is 2.00 bits per heavy atom. The predicted octanol–water partition coefficient (Wildman–Crippen LogP) is 3.61. The molecule has 1 amide bonds. The fourth-order valence-electron chi connectivity index (χ4n) is 4.39. The number of hydrogen-bond acceptors (Lipinski definition) is 4. The number of ether oxygens (including phenoxy) is 1. The molecule has 1 aromatic rings. The molecule has 2 saturated heterocycles. The molecule has 3 atom stereocenters. The third-order valence-electron chi connectivity index (χ3n) is 6.06. The monoisotopic (exact) mass is 546 g/mol. The lowest BCUT2D eigenvalue weighted by Crippen LogP contribution is -2.51. The number of piperidine rings is 2. The van der Waals surface area contributed by atoms with Crippen LogP contribution in [0.3, 0.4) is 0 Å². The van der Waals surface area contributed by atoms with E-state index in [9.17, 15) is 4.79 Å². The summed E-state index contributed by atoms with van der Waals surface area (Å²) in [5.41, 5.74) is -0.457. The fourth-order valence-corrected chi connectivity index (χ4v) is 4.39. The van der Waals surface area contributed by atoms with E-state index in [1.54, 1.807) is 0 Å². The maximum atomic E-state index is 12.4. The summed E-state index contributed by atoms with van der Waals surface area (Å²) in [4.78, 5) is 25.4. The van der Waals surface area contributed by atoms with Crippen LogP contribution < -0.4 is 5.32 Å². The van der Waals surface area contributed by atoms with Crippen molar-refractivity contribution in [1.29, 1.82) is 0 Å². The van der Waals surface area contributed by atoms with Gasteiger partial charge < -0.3 is 24.4 Å². The number of rotatable bonds is 3. The van der Waals surface area contributed by atoms with Crippen molar-refractivity contribution in [3.8, 4) is 0 Å². The van der Waals surface area contributed by atoms with Crippen LogP contribution in [-0.4, -0.2) is 76.8 Å². The van der Waals surface area contributed by atoms with E-state index in [1.807, 2.05) is 51.4 Å². The number of guanidine groups is 1. The number of nitrogens with one attached hydrogen (secondary N) is 1. The minimum atomic E-state index is -0.457. The molecule has 0 radical (unpaired) electrons. The Bertz CT molecular complexity index is 718. The van der Waals surface area contributed by atoms with Crippen LogP contribution >= 0.6 is 24.0 Å². The van der Waals surface area contributed by atoms with Crippen LogP contribution in [0.1, 0.15) is 53.0 Å². The van der Waals surface area contributed by atoms with Gasteiger partial charge in [-0.1, -0.05) is 6.92 Å². The van der Waals surface area contributed by atoms with Crippen LogP contribution in [0.25, 0.3) is 0 Å². The molecule has 0 saturated carbocycles. The number of carbonyl (C=O) groups excluding carboxylic acids is 1. The highest BCUT2D eigenvalue weighted by Crippen LogP contribution is 2.27. The molecule has 2 fully saturated rings. The first-order valence-electron chi connectivity index (χ1n) is 11.2. The topological polar surface area (TPSA) is 75.0 Å². The fraction of sp³-hybridized carbons (Fsp3) is 0.773. The molecule has 8 nitrogen and oxygen atoms in total. The van der Waals surface area contributed by atoms with Crippen LogP contribution in [0.4, 0.5) is 4.79 Å². The van der Waals surface area contributed by atoms with E-state index in [1.165, 1.54) is 0 Å². The number of aliphatic imine (C=N–C) groups is 1. The Hall–Kier alpha value is -1.52. The van der Waals surface area contributed by atoms with Gasteiger partial charge in [-0.25, -0.2) is 9.78 Å². The van der Waals surface area contributed by atoms with Gasteiger partial charge in [-0.2, -0.15) is 0 Å². The quantitative estimate of drug-likeness (QED) is 0.356. The molecule has 176 valence electrons. The highest BCUT2D eigenvalue weighted by atomic mass is 127. The lowest BCUT2D eigenvalue weighted by atomic mass is 9.93. The number of imidazole rings is 1. The molecule has 0 bridgehead atoms. The van der Waals surface area contributed by atoms with E-state index < -0.39 is 5.60 Å². The molecule has 2 aliphatic rings. The molecule has 3 unspecified atom stereocenters. The second-order valence-corrected chi connectivity index (χ2v) is 9.65. The molecule has 0 spiro atoms. The van der Waals surface area contributed by atoms with Crippen LogP contribution in [0.2, 0.25) is 0 Å². The molecule has 3 rings (SSSR count).